The van der Waals surface area contributed by atoms with E-state index in [2.05, 4.69) is 15.4 Å². The zero-order valence-electron chi connectivity index (χ0n) is 16.8. The standard InChI is InChI=1S/C21H24N4O3/c1-12-6-7-16(21(27)28-5)11-18(12)23-20(26)9-8-17-14(3)22-19-10-13(2)24-25(19)15(17)4/h6-7,10-11H,8-9H2,1-5H3,(H,23,26). The first kappa shape index (κ1) is 19.5. The minimum atomic E-state index is -0.435. The van der Waals surface area contributed by atoms with E-state index < -0.39 is 5.97 Å². The Hall–Kier alpha value is -3.22. The van der Waals surface area contributed by atoms with Crippen LogP contribution in [0.3, 0.4) is 0 Å². The largest absolute Gasteiger partial charge is 0.465 e. The van der Waals surface area contributed by atoms with Crippen LogP contribution in [-0.4, -0.2) is 33.6 Å². The van der Waals surface area contributed by atoms with E-state index >= 15 is 0 Å². The van der Waals surface area contributed by atoms with Gasteiger partial charge in [-0.3, -0.25) is 4.79 Å². The molecule has 0 bridgehead atoms. The Labute approximate surface area is 163 Å². The van der Waals surface area contributed by atoms with Gasteiger partial charge in [-0.1, -0.05) is 6.07 Å². The van der Waals surface area contributed by atoms with Gasteiger partial charge in [-0.25, -0.2) is 14.3 Å². The Bertz CT molecular complexity index is 1070. The highest BCUT2D eigenvalue weighted by atomic mass is 16.5. The summed E-state index contributed by atoms with van der Waals surface area (Å²) in [7, 11) is 1.33. The highest BCUT2D eigenvalue weighted by Crippen LogP contribution is 2.20. The molecule has 2 aromatic heterocycles. The molecule has 7 heteroatoms. The van der Waals surface area contributed by atoms with Crippen molar-refractivity contribution < 1.29 is 14.3 Å². The van der Waals surface area contributed by atoms with E-state index in [4.69, 9.17) is 4.74 Å². The second-order valence-corrected chi connectivity index (χ2v) is 6.89. The summed E-state index contributed by atoms with van der Waals surface area (Å²) in [6.07, 6.45) is 0.859. The number of hydrogen-bond donors (Lipinski definition) is 1. The molecule has 0 saturated heterocycles. The fourth-order valence-corrected chi connectivity index (χ4v) is 3.26. The summed E-state index contributed by atoms with van der Waals surface area (Å²) in [5, 5.41) is 7.36. The Kier molecular flexibility index (Phi) is 5.44. The van der Waals surface area contributed by atoms with Crippen LogP contribution in [0.15, 0.2) is 24.3 Å². The second-order valence-electron chi connectivity index (χ2n) is 6.89. The number of ether oxygens (including phenoxy) is 1. The first-order valence-corrected chi connectivity index (χ1v) is 9.11. The number of amides is 1. The van der Waals surface area contributed by atoms with Gasteiger partial charge >= 0.3 is 5.97 Å². The number of rotatable bonds is 5. The van der Waals surface area contributed by atoms with Crippen LogP contribution in [0.4, 0.5) is 5.69 Å². The SMILES string of the molecule is COC(=O)c1ccc(C)c(NC(=O)CCc2c(C)nc3cc(C)nn3c2C)c1. The van der Waals surface area contributed by atoms with E-state index in [-0.39, 0.29) is 5.91 Å². The average molecular weight is 380 g/mol. The number of esters is 1. The predicted molar refractivity (Wildman–Crippen MR) is 107 cm³/mol. The van der Waals surface area contributed by atoms with Crippen LogP contribution in [0.1, 0.15) is 45.0 Å². The lowest BCUT2D eigenvalue weighted by molar-refractivity contribution is -0.116. The minimum Gasteiger partial charge on any atom is -0.465 e. The van der Waals surface area contributed by atoms with Crippen molar-refractivity contribution in [1.29, 1.82) is 0 Å². The number of fused-ring (bicyclic) bond motifs is 1. The van der Waals surface area contributed by atoms with Gasteiger partial charge < -0.3 is 10.1 Å². The number of nitrogens with zero attached hydrogens (tertiary/aromatic N) is 3. The number of hydrogen-bond acceptors (Lipinski definition) is 5. The number of nitrogens with one attached hydrogen (secondary N) is 1. The number of aryl methyl sites for hydroxylation is 4. The molecule has 1 N–H and O–H groups in total. The van der Waals surface area contributed by atoms with E-state index in [1.165, 1.54) is 7.11 Å². The van der Waals surface area contributed by atoms with Crippen LogP contribution in [0.2, 0.25) is 0 Å². The van der Waals surface area contributed by atoms with Crippen LogP contribution in [-0.2, 0) is 16.0 Å². The lowest BCUT2D eigenvalue weighted by Crippen LogP contribution is -2.15. The van der Waals surface area contributed by atoms with Crippen molar-refractivity contribution in [2.24, 2.45) is 0 Å². The smallest absolute Gasteiger partial charge is 0.337 e. The van der Waals surface area contributed by atoms with Crippen molar-refractivity contribution in [2.75, 3.05) is 12.4 Å². The Balaban J connectivity index is 1.75. The number of carbonyl (C=O) groups is 2. The van der Waals surface area contributed by atoms with Gasteiger partial charge in [0, 0.05) is 29.6 Å². The predicted octanol–water partition coefficient (Wildman–Crippen LogP) is 3.32. The molecule has 0 spiro atoms. The summed E-state index contributed by atoms with van der Waals surface area (Å²) in [6, 6.07) is 7.04. The van der Waals surface area contributed by atoms with Crippen molar-refractivity contribution in [1.82, 2.24) is 14.6 Å². The molecule has 28 heavy (non-hydrogen) atoms. The maximum absolute atomic E-state index is 12.5. The van der Waals surface area contributed by atoms with E-state index in [0.717, 1.165) is 33.9 Å². The topological polar surface area (TPSA) is 85.6 Å². The lowest BCUT2D eigenvalue weighted by Gasteiger charge is -2.12. The Morgan fingerprint density at radius 3 is 2.61 bits per heavy atom. The van der Waals surface area contributed by atoms with Crippen molar-refractivity contribution in [3.8, 4) is 0 Å². The molecular weight excluding hydrogens is 356 g/mol. The highest BCUT2D eigenvalue weighted by Gasteiger charge is 2.14. The van der Waals surface area contributed by atoms with Gasteiger partial charge in [0.1, 0.15) is 0 Å². The maximum atomic E-state index is 12.5. The minimum absolute atomic E-state index is 0.124. The van der Waals surface area contributed by atoms with Gasteiger partial charge in [0.15, 0.2) is 5.65 Å². The summed E-state index contributed by atoms with van der Waals surface area (Å²) >= 11 is 0. The molecule has 0 unspecified atom stereocenters. The molecule has 0 saturated carbocycles. The summed E-state index contributed by atoms with van der Waals surface area (Å²) in [6.45, 7) is 7.75. The summed E-state index contributed by atoms with van der Waals surface area (Å²) < 4.78 is 6.56. The molecule has 1 aromatic carbocycles. The lowest BCUT2D eigenvalue weighted by atomic mass is 10.1. The van der Waals surface area contributed by atoms with Gasteiger partial charge in [0.2, 0.25) is 5.91 Å². The first-order chi connectivity index (χ1) is 13.3. The Morgan fingerprint density at radius 2 is 1.89 bits per heavy atom. The number of aromatic nitrogens is 3. The molecule has 0 radical (unpaired) electrons. The molecule has 146 valence electrons. The van der Waals surface area contributed by atoms with Crippen LogP contribution in [0.25, 0.3) is 5.65 Å². The monoisotopic (exact) mass is 380 g/mol. The van der Waals surface area contributed by atoms with E-state index in [1.54, 1.807) is 18.2 Å². The number of anilines is 1. The molecule has 7 nitrogen and oxygen atoms in total. The van der Waals surface area contributed by atoms with Gasteiger partial charge in [0.05, 0.1) is 18.4 Å². The molecule has 0 aliphatic heterocycles. The second kappa shape index (κ2) is 7.80. The van der Waals surface area contributed by atoms with Crippen molar-refractivity contribution >= 4 is 23.2 Å². The number of methoxy groups -OCH3 is 1. The molecule has 0 atom stereocenters. The van der Waals surface area contributed by atoms with Crippen molar-refractivity contribution in [2.45, 2.75) is 40.5 Å². The number of benzene rings is 1. The van der Waals surface area contributed by atoms with Gasteiger partial charge in [-0.2, -0.15) is 5.10 Å². The van der Waals surface area contributed by atoms with Gasteiger partial charge in [-0.15, -0.1) is 0 Å². The number of carbonyl (C=O) groups excluding carboxylic acids is 2. The maximum Gasteiger partial charge on any atom is 0.337 e. The van der Waals surface area contributed by atoms with Crippen LogP contribution < -0.4 is 5.32 Å². The third kappa shape index (κ3) is 3.88. The molecule has 0 fully saturated rings. The summed E-state index contributed by atoms with van der Waals surface area (Å²) in [5.41, 5.74) is 6.53. The van der Waals surface area contributed by atoms with Crippen molar-refractivity contribution in [3.05, 3.63) is 58.0 Å². The molecular formula is C21H24N4O3. The molecule has 2 heterocycles. The zero-order chi connectivity index (χ0) is 20.4. The summed E-state index contributed by atoms with van der Waals surface area (Å²) in [5.74, 6) is -0.559. The molecule has 3 aromatic rings. The summed E-state index contributed by atoms with van der Waals surface area (Å²) in [4.78, 5) is 28.8. The van der Waals surface area contributed by atoms with Crippen LogP contribution in [0, 0.1) is 27.7 Å². The molecule has 3 rings (SSSR count). The Morgan fingerprint density at radius 1 is 1.14 bits per heavy atom. The van der Waals surface area contributed by atoms with Gasteiger partial charge in [0.25, 0.3) is 0 Å². The highest BCUT2D eigenvalue weighted by molar-refractivity contribution is 5.95. The first-order valence-electron chi connectivity index (χ1n) is 9.11. The average Bonchev–Trinajstić information content (AvgIpc) is 3.03. The molecule has 1 amide bonds. The molecule has 0 aliphatic rings. The quantitative estimate of drug-likeness (QED) is 0.686. The van der Waals surface area contributed by atoms with E-state index in [9.17, 15) is 9.59 Å². The van der Waals surface area contributed by atoms with Crippen LogP contribution >= 0.6 is 0 Å². The zero-order valence-corrected chi connectivity index (χ0v) is 16.8. The third-order valence-corrected chi connectivity index (χ3v) is 4.82. The third-order valence-electron chi connectivity index (χ3n) is 4.82. The normalized spacial score (nSPS) is 10.9. The van der Waals surface area contributed by atoms with Crippen LogP contribution in [0.5, 0.6) is 0 Å². The van der Waals surface area contributed by atoms with Gasteiger partial charge in [-0.05, 0) is 57.4 Å². The van der Waals surface area contributed by atoms with E-state index in [0.29, 0.717) is 24.1 Å². The fraction of sp³-hybridized carbons (Fsp3) is 0.333. The van der Waals surface area contributed by atoms with Crippen molar-refractivity contribution in [3.63, 3.8) is 0 Å². The van der Waals surface area contributed by atoms with E-state index in [1.807, 2.05) is 38.3 Å². The molecule has 0 aliphatic carbocycles. The fourth-order valence-electron chi connectivity index (χ4n) is 3.26.